The van der Waals surface area contributed by atoms with Crippen LogP contribution in [0.3, 0.4) is 0 Å². The van der Waals surface area contributed by atoms with Crippen molar-refractivity contribution in [3.8, 4) is 0 Å². The number of hydrogen-bond acceptors (Lipinski definition) is 4. The lowest BCUT2D eigenvalue weighted by Crippen LogP contribution is -2.36. The molecule has 2 aliphatic rings. The molecule has 1 saturated carbocycles. The van der Waals surface area contributed by atoms with E-state index in [0.717, 1.165) is 12.0 Å². The van der Waals surface area contributed by atoms with Crippen molar-refractivity contribution >= 4 is 5.97 Å². The summed E-state index contributed by atoms with van der Waals surface area (Å²) in [6.45, 7) is 0. The minimum atomic E-state index is -0.689. The standard InChI is InChI=1S/C15H19FN2O2/c1-20-15(19)10-4-2-9(3-5-10)14-12-7-6-11(16)8-13(12)17-18-14/h2-5,11-14,17-18H,6-8H2,1H3. The maximum absolute atomic E-state index is 13.4. The molecule has 1 heterocycles. The number of hydrazine groups is 1. The van der Waals surface area contributed by atoms with Crippen LogP contribution in [0.1, 0.15) is 41.2 Å². The Kier molecular flexibility index (Phi) is 3.72. The molecule has 0 amide bonds. The van der Waals surface area contributed by atoms with Crippen molar-refractivity contribution in [3.63, 3.8) is 0 Å². The minimum absolute atomic E-state index is 0.180. The average molecular weight is 278 g/mol. The summed E-state index contributed by atoms with van der Waals surface area (Å²) in [7, 11) is 1.37. The molecule has 1 aromatic rings. The highest BCUT2D eigenvalue weighted by Crippen LogP contribution is 2.38. The summed E-state index contributed by atoms with van der Waals surface area (Å²) in [6, 6.07) is 7.81. The van der Waals surface area contributed by atoms with Gasteiger partial charge in [0.15, 0.2) is 0 Å². The molecule has 0 spiro atoms. The third kappa shape index (κ3) is 2.43. The van der Waals surface area contributed by atoms with Gasteiger partial charge in [-0.1, -0.05) is 12.1 Å². The number of hydrogen-bond donors (Lipinski definition) is 2. The fraction of sp³-hybridized carbons (Fsp3) is 0.533. The van der Waals surface area contributed by atoms with Crippen molar-refractivity contribution < 1.29 is 13.9 Å². The lowest BCUT2D eigenvalue weighted by atomic mass is 9.79. The topological polar surface area (TPSA) is 50.4 Å². The molecule has 1 aliphatic carbocycles. The average Bonchev–Trinajstić information content (AvgIpc) is 2.89. The number of fused-ring (bicyclic) bond motifs is 1. The van der Waals surface area contributed by atoms with Crippen molar-refractivity contribution in [2.45, 2.75) is 37.5 Å². The van der Waals surface area contributed by atoms with Crippen LogP contribution < -0.4 is 10.9 Å². The fourth-order valence-electron chi connectivity index (χ4n) is 3.29. The van der Waals surface area contributed by atoms with E-state index >= 15 is 0 Å². The van der Waals surface area contributed by atoms with Gasteiger partial charge in [-0.15, -0.1) is 0 Å². The third-order valence-electron chi connectivity index (χ3n) is 4.38. The smallest absolute Gasteiger partial charge is 0.337 e. The summed E-state index contributed by atoms with van der Waals surface area (Å²) in [4.78, 5) is 11.4. The predicted octanol–water partition coefficient (Wildman–Crippen LogP) is 2.13. The maximum atomic E-state index is 13.4. The molecule has 0 radical (unpaired) electrons. The van der Waals surface area contributed by atoms with Crippen LogP contribution in [0.2, 0.25) is 0 Å². The molecule has 2 fully saturated rings. The zero-order valence-corrected chi connectivity index (χ0v) is 11.4. The Morgan fingerprint density at radius 1 is 1.25 bits per heavy atom. The SMILES string of the molecule is COC(=O)c1ccc(C2NNC3CC(F)CCC32)cc1. The van der Waals surface area contributed by atoms with Crippen molar-refractivity contribution in [1.29, 1.82) is 0 Å². The van der Waals surface area contributed by atoms with Gasteiger partial charge in [-0.2, -0.15) is 0 Å². The number of esters is 1. The van der Waals surface area contributed by atoms with Crippen LogP contribution in [0.15, 0.2) is 24.3 Å². The highest BCUT2D eigenvalue weighted by molar-refractivity contribution is 5.89. The van der Waals surface area contributed by atoms with E-state index in [1.54, 1.807) is 12.1 Å². The Hall–Kier alpha value is -1.46. The molecule has 4 nitrogen and oxygen atoms in total. The molecule has 4 atom stereocenters. The number of carbonyl (C=O) groups is 1. The van der Waals surface area contributed by atoms with E-state index in [9.17, 15) is 9.18 Å². The molecule has 2 N–H and O–H groups in total. The second-order valence-corrected chi connectivity index (χ2v) is 5.56. The van der Waals surface area contributed by atoms with Gasteiger partial charge in [0.05, 0.1) is 18.7 Å². The first-order chi connectivity index (χ1) is 9.69. The molecule has 1 saturated heterocycles. The van der Waals surface area contributed by atoms with Crippen LogP contribution in [-0.4, -0.2) is 25.3 Å². The Bertz CT molecular complexity index is 491. The number of rotatable bonds is 2. The van der Waals surface area contributed by atoms with E-state index in [0.29, 0.717) is 24.3 Å². The van der Waals surface area contributed by atoms with Gasteiger partial charge in [0.25, 0.3) is 0 Å². The monoisotopic (exact) mass is 278 g/mol. The summed E-state index contributed by atoms with van der Waals surface area (Å²) in [5, 5.41) is 0. The highest BCUT2D eigenvalue weighted by atomic mass is 19.1. The first-order valence-electron chi connectivity index (χ1n) is 7.02. The van der Waals surface area contributed by atoms with Crippen molar-refractivity contribution in [2.24, 2.45) is 5.92 Å². The van der Waals surface area contributed by atoms with E-state index in [4.69, 9.17) is 4.74 Å². The van der Waals surface area contributed by atoms with E-state index < -0.39 is 6.17 Å². The lowest BCUT2D eigenvalue weighted by molar-refractivity contribution is 0.0600. The van der Waals surface area contributed by atoms with Gasteiger partial charge < -0.3 is 4.74 Å². The summed E-state index contributed by atoms with van der Waals surface area (Å²) in [6.07, 6.45) is 1.41. The van der Waals surface area contributed by atoms with Crippen LogP contribution >= 0.6 is 0 Å². The maximum Gasteiger partial charge on any atom is 0.337 e. The van der Waals surface area contributed by atoms with Crippen LogP contribution in [0, 0.1) is 5.92 Å². The first-order valence-corrected chi connectivity index (χ1v) is 7.02. The number of methoxy groups -OCH3 is 1. The van der Waals surface area contributed by atoms with E-state index in [1.165, 1.54) is 7.11 Å². The van der Waals surface area contributed by atoms with E-state index in [1.807, 2.05) is 12.1 Å². The molecule has 0 aromatic heterocycles. The number of benzene rings is 1. The van der Waals surface area contributed by atoms with Crippen LogP contribution in [0.25, 0.3) is 0 Å². The molecule has 1 aliphatic heterocycles. The Labute approximate surface area is 117 Å². The van der Waals surface area contributed by atoms with Gasteiger partial charge >= 0.3 is 5.97 Å². The summed E-state index contributed by atoms with van der Waals surface area (Å²) in [5.41, 5.74) is 8.14. The second kappa shape index (κ2) is 5.50. The number of halogens is 1. The molecule has 5 heteroatoms. The van der Waals surface area contributed by atoms with Gasteiger partial charge in [0, 0.05) is 6.04 Å². The minimum Gasteiger partial charge on any atom is -0.465 e. The molecule has 20 heavy (non-hydrogen) atoms. The van der Waals surface area contributed by atoms with Crippen LogP contribution in [0.5, 0.6) is 0 Å². The second-order valence-electron chi connectivity index (χ2n) is 5.56. The van der Waals surface area contributed by atoms with E-state index in [2.05, 4.69) is 10.9 Å². The van der Waals surface area contributed by atoms with Gasteiger partial charge in [-0.25, -0.2) is 14.6 Å². The van der Waals surface area contributed by atoms with Crippen molar-refractivity contribution in [2.75, 3.05) is 7.11 Å². The number of nitrogens with one attached hydrogen (secondary N) is 2. The molecule has 108 valence electrons. The summed E-state index contributed by atoms with van der Waals surface area (Å²) < 4.78 is 18.1. The first kappa shape index (κ1) is 13.5. The van der Waals surface area contributed by atoms with Crippen molar-refractivity contribution in [1.82, 2.24) is 10.9 Å². The Balaban J connectivity index is 1.75. The Morgan fingerprint density at radius 2 is 2.00 bits per heavy atom. The van der Waals surface area contributed by atoms with E-state index in [-0.39, 0.29) is 18.1 Å². The van der Waals surface area contributed by atoms with Gasteiger partial charge in [-0.3, -0.25) is 5.43 Å². The highest BCUT2D eigenvalue weighted by Gasteiger charge is 2.40. The lowest BCUT2D eigenvalue weighted by Gasteiger charge is -2.29. The molecule has 4 unspecified atom stereocenters. The normalized spacial score (nSPS) is 32.7. The summed E-state index contributed by atoms with van der Waals surface area (Å²) >= 11 is 0. The zero-order valence-electron chi connectivity index (χ0n) is 11.4. The van der Waals surface area contributed by atoms with Crippen molar-refractivity contribution in [3.05, 3.63) is 35.4 Å². The van der Waals surface area contributed by atoms with Crippen LogP contribution in [0.4, 0.5) is 4.39 Å². The quantitative estimate of drug-likeness (QED) is 0.814. The number of ether oxygens (including phenoxy) is 1. The Morgan fingerprint density at radius 3 is 2.70 bits per heavy atom. The number of alkyl halides is 1. The zero-order chi connectivity index (χ0) is 14.1. The molecule has 0 bridgehead atoms. The van der Waals surface area contributed by atoms with Gasteiger partial charge in [0.2, 0.25) is 0 Å². The summed E-state index contributed by atoms with van der Waals surface area (Å²) in [5.74, 6) is 0.0795. The van der Waals surface area contributed by atoms with Gasteiger partial charge in [-0.05, 0) is 42.9 Å². The molecule has 1 aromatic carbocycles. The largest absolute Gasteiger partial charge is 0.465 e. The number of carbonyl (C=O) groups excluding carboxylic acids is 1. The van der Waals surface area contributed by atoms with Crippen LogP contribution in [-0.2, 0) is 4.74 Å². The molecular formula is C15H19FN2O2. The fourth-order valence-corrected chi connectivity index (χ4v) is 3.29. The predicted molar refractivity (Wildman–Crippen MR) is 72.8 cm³/mol. The van der Waals surface area contributed by atoms with Gasteiger partial charge in [0.1, 0.15) is 6.17 Å². The third-order valence-corrected chi connectivity index (χ3v) is 4.38. The molecule has 3 rings (SSSR count). The molecular weight excluding hydrogens is 259 g/mol.